The molecule has 0 saturated carbocycles. The molecule has 0 unspecified atom stereocenters. The molecule has 2 heterocycles. The van der Waals surface area contributed by atoms with E-state index in [1.165, 1.54) is 11.3 Å². The van der Waals surface area contributed by atoms with Crippen LogP contribution in [0.5, 0.6) is 0 Å². The average Bonchev–Trinajstić information content (AvgIpc) is 3.06. The Morgan fingerprint density at radius 1 is 1.39 bits per heavy atom. The van der Waals surface area contributed by atoms with Crippen LogP contribution in [0.4, 0.5) is 0 Å². The lowest BCUT2D eigenvalue weighted by Gasteiger charge is -2.26. The predicted molar refractivity (Wildman–Crippen MR) is 89.3 cm³/mol. The molecule has 6 nitrogen and oxygen atoms in total. The first-order valence-corrected chi connectivity index (χ1v) is 8.32. The van der Waals surface area contributed by atoms with Gasteiger partial charge < -0.3 is 10.0 Å². The van der Waals surface area contributed by atoms with Crippen LogP contribution in [0.25, 0.3) is 5.13 Å². The van der Waals surface area contributed by atoms with Gasteiger partial charge in [-0.3, -0.25) is 14.2 Å². The lowest BCUT2D eigenvalue weighted by atomic mass is 10.1. The van der Waals surface area contributed by atoms with E-state index in [4.69, 9.17) is 5.11 Å². The third kappa shape index (κ3) is 3.61. The number of aliphatic carboxylic acids is 1. The van der Waals surface area contributed by atoms with Gasteiger partial charge in [0.05, 0.1) is 12.0 Å². The van der Waals surface area contributed by atoms with Crippen molar-refractivity contribution in [3.05, 3.63) is 34.6 Å². The van der Waals surface area contributed by atoms with Crippen LogP contribution >= 0.6 is 11.3 Å². The Morgan fingerprint density at radius 2 is 2.09 bits per heavy atom. The molecule has 7 heteroatoms. The van der Waals surface area contributed by atoms with E-state index < -0.39 is 5.97 Å². The summed E-state index contributed by atoms with van der Waals surface area (Å²) in [4.78, 5) is 29.6. The molecule has 0 bridgehead atoms. The van der Waals surface area contributed by atoms with E-state index in [0.29, 0.717) is 5.56 Å². The van der Waals surface area contributed by atoms with E-state index in [0.717, 1.165) is 16.5 Å². The van der Waals surface area contributed by atoms with Crippen LogP contribution in [0.2, 0.25) is 0 Å². The standard InChI is InChI=1S/C16H21N3O3S/c1-10(2)18(7-5-14(20)21)15(22)13-9-11(3)19(12(13)4)16-17-6-8-23-16/h6,8-10H,5,7H2,1-4H3,(H,20,21). The fraction of sp³-hybridized carbons (Fsp3) is 0.438. The van der Waals surface area contributed by atoms with Crippen LogP contribution in [0.1, 0.15) is 42.0 Å². The van der Waals surface area contributed by atoms with Gasteiger partial charge in [0.1, 0.15) is 0 Å². The van der Waals surface area contributed by atoms with Crippen molar-refractivity contribution >= 4 is 23.2 Å². The molecule has 0 fully saturated rings. The van der Waals surface area contributed by atoms with E-state index in [1.807, 2.05) is 43.7 Å². The van der Waals surface area contributed by atoms with Crippen molar-refractivity contribution in [3.8, 4) is 5.13 Å². The molecule has 2 aromatic rings. The van der Waals surface area contributed by atoms with Crippen molar-refractivity contribution in [1.29, 1.82) is 0 Å². The quantitative estimate of drug-likeness (QED) is 0.881. The summed E-state index contributed by atoms with van der Waals surface area (Å²) in [6.07, 6.45) is 1.67. The molecular weight excluding hydrogens is 314 g/mol. The lowest BCUT2D eigenvalue weighted by Crippen LogP contribution is -2.38. The minimum absolute atomic E-state index is 0.0604. The molecule has 0 spiro atoms. The monoisotopic (exact) mass is 335 g/mol. The number of aromatic nitrogens is 2. The van der Waals surface area contributed by atoms with Crippen molar-refractivity contribution in [2.75, 3.05) is 6.54 Å². The summed E-state index contributed by atoms with van der Waals surface area (Å²) < 4.78 is 1.95. The third-order valence-corrected chi connectivity index (χ3v) is 4.48. The number of hydrogen-bond acceptors (Lipinski definition) is 4. The highest BCUT2D eigenvalue weighted by atomic mass is 32.1. The molecule has 1 amide bonds. The van der Waals surface area contributed by atoms with Gasteiger partial charge in [-0.1, -0.05) is 0 Å². The topological polar surface area (TPSA) is 75.4 Å². The third-order valence-electron chi connectivity index (χ3n) is 3.72. The first kappa shape index (κ1) is 17.2. The minimum atomic E-state index is -0.906. The summed E-state index contributed by atoms with van der Waals surface area (Å²) in [5.41, 5.74) is 2.35. The molecule has 0 atom stereocenters. The second kappa shape index (κ2) is 6.95. The second-order valence-electron chi connectivity index (χ2n) is 5.67. The summed E-state index contributed by atoms with van der Waals surface area (Å²) in [6, 6.07) is 1.78. The molecule has 0 saturated heterocycles. The van der Waals surface area contributed by atoms with Gasteiger partial charge in [-0.25, -0.2) is 4.98 Å². The van der Waals surface area contributed by atoms with Crippen LogP contribution in [0.15, 0.2) is 17.6 Å². The summed E-state index contributed by atoms with van der Waals surface area (Å²) in [7, 11) is 0. The van der Waals surface area contributed by atoms with Gasteiger partial charge in [-0.05, 0) is 33.8 Å². The minimum Gasteiger partial charge on any atom is -0.481 e. The number of nitrogens with zero attached hydrogens (tertiary/aromatic N) is 3. The molecule has 0 aromatic carbocycles. The smallest absolute Gasteiger partial charge is 0.305 e. The second-order valence-corrected chi connectivity index (χ2v) is 6.54. The maximum absolute atomic E-state index is 12.9. The van der Waals surface area contributed by atoms with E-state index >= 15 is 0 Å². The van der Waals surface area contributed by atoms with Gasteiger partial charge in [0.2, 0.25) is 0 Å². The van der Waals surface area contributed by atoms with Crippen LogP contribution in [-0.2, 0) is 4.79 Å². The number of carboxylic acids is 1. The van der Waals surface area contributed by atoms with Crippen LogP contribution in [0.3, 0.4) is 0 Å². The normalized spacial score (nSPS) is 11.0. The first-order valence-electron chi connectivity index (χ1n) is 7.44. The van der Waals surface area contributed by atoms with Crippen molar-refractivity contribution in [3.63, 3.8) is 0 Å². The summed E-state index contributed by atoms with van der Waals surface area (Å²) in [5.74, 6) is -1.05. The molecular formula is C16H21N3O3S. The summed E-state index contributed by atoms with van der Waals surface area (Å²) in [6.45, 7) is 7.80. The summed E-state index contributed by atoms with van der Waals surface area (Å²) in [5, 5.41) is 11.6. The van der Waals surface area contributed by atoms with Gasteiger partial charge in [0.15, 0.2) is 5.13 Å². The number of aryl methyl sites for hydroxylation is 1. The van der Waals surface area contributed by atoms with Crippen LogP contribution < -0.4 is 0 Å². The molecule has 0 aliphatic rings. The zero-order valence-corrected chi connectivity index (χ0v) is 14.6. The zero-order chi connectivity index (χ0) is 17.1. The molecule has 23 heavy (non-hydrogen) atoms. The maximum Gasteiger partial charge on any atom is 0.305 e. The number of rotatable bonds is 6. The SMILES string of the molecule is Cc1cc(C(=O)N(CCC(=O)O)C(C)C)c(C)n1-c1nccs1. The lowest BCUT2D eigenvalue weighted by molar-refractivity contribution is -0.137. The number of carbonyl (C=O) groups is 2. The Hall–Kier alpha value is -2.15. The Balaban J connectivity index is 2.35. The van der Waals surface area contributed by atoms with E-state index in [9.17, 15) is 9.59 Å². The number of amides is 1. The van der Waals surface area contributed by atoms with Gasteiger partial charge in [0.25, 0.3) is 5.91 Å². The number of carbonyl (C=O) groups excluding carboxylic acids is 1. The maximum atomic E-state index is 12.9. The van der Waals surface area contributed by atoms with Crippen molar-refractivity contribution < 1.29 is 14.7 Å². The van der Waals surface area contributed by atoms with Gasteiger partial charge in [0, 0.05) is 35.6 Å². The Labute approximate surface area is 139 Å². The van der Waals surface area contributed by atoms with E-state index in [-0.39, 0.29) is 24.9 Å². The predicted octanol–water partition coefficient (Wildman–Crippen LogP) is 2.88. The van der Waals surface area contributed by atoms with Crippen LogP contribution in [0, 0.1) is 13.8 Å². The van der Waals surface area contributed by atoms with Gasteiger partial charge in [-0.15, -0.1) is 11.3 Å². The summed E-state index contributed by atoms with van der Waals surface area (Å²) >= 11 is 1.51. The Kier molecular flexibility index (Phi) is 5.20. The van der Waals surface area contributed by atoms with Crippen LogP contribution in [-0.4, -0.2) is 44.0 Å². The first-order chi connectivity index (χ1) is 10.8. The largest absolute Gasteiger partial charge is 0.481 e. The van der Waals surface area contributed by atoms with Crippen molar-refractivity contribution in [2.45, 2.75) is 40.2 Å². The number of carboxylic acid groups (broad SMARTS) is 1. The number of thiazole rings is 1. The zero-order valence-electron chi connectivity index (χ0n) is 13.7. The molecule has 2 rings (SSSR count). The highest BCUT2D eigenvalue weighted by Crippen LogP contribution is 2.24. The van der Waals surface area contributed by atoms with E-state index in [2.05, 4.69) is 4.98 Å². The highest BCUT2D eigenvalue weighted by Gasteiger charge is 2.24. The average molecular weight is 335 g/mol. The van der Waals surface area contributed by atoms with Gasteiger partial charge >= 0.3 is 5.97 Å². The Morgan fingerprint density at radius 3 is 2.61 bits per heavy atom. The fourth-order valence-corrected chi connectivity index (χ4v) is 3.32. The number of hydrogen-bond donors (Lipinski definition) is 1. The molecule has 124 valence electrons. The highest BCUT2D eigenvalue weighted by molar-refractivity contribution is 7.12. The molecule has 1 N–H and O–H groups in total. The molecule has 0 radical (unpaired) electrons. The Bertz CT molecular complexity index is 704. The fourth-order valence-electron chi connectivity index (χ4n) is 2.57. The molecule has 0 aliphatic carbocycles. The van der Waals surface area contributed by atoms with Crippen molar-refractivity contribution in [2.24, 2.45) is 0 Å². The van der Waals surface area contributed by atoms with E-state index in [1.54, 1.807) is 11.1 Å². The van der Waals surface area contributed by atoms with Crippen molar-refractivity contribution in [1.82, 2.24) is 14.5 Å². The van der Waals surface area contributed by atoms with Gasteiger partial charge in [-0.2, -0.15) is 0 Å². The molecule has 2 aromatic heterocycles. The molecule has 0 aliphatic heterocycles.